The molecule has 1 unspecified atom stereocenters. The summed E-state index contributed by atoms with van der Waals surface area (Å²) in [7, 11) is -2.57. The van der Waals surface area contributed by atoms with Gasteiger partial charge in [0, 0.05) is 38.6 Å². The summed E-state index contributed by atoms with van der Waals surface area (Å²) in [5.41, 5.74) is -0.200. The van der Waals surface area contributed by atoms with Crippen LogP contribution in [0.25, 0.3) is 0 Å². The minimum atomic E-state index is -3.94. The first-order chi connectivity index (χ1) is 11.8. The summed E-state index contributed by atoms with van der Waals surface area (Å²) in [4.78, 5) is 21.0. The highest BCUT2D eigenvalue weighted by atomic mass is 32.2. The van der Waals surface area contributed by atoms with E-state index in [9.17, 15) is 23.3 Å². The predicted octanol–water partition coefficient (Wildman–Crippen LogP) is 1.31. The van der Waals surface area contributed by atoms with Crippen LogP contribution in [0.1, 0.15) is 6.92 Å². The molecular weight excluding hydrogens is 352 g/mol. The fourth-order valence-electron chi connectivity index (χ4n) is 2.38. The number of nitro groups is 1. The molecule has 1 heterocycles. The van der Waals surface area contributed by atoms with Crippen LogP contribution in [0, 0.1) is 16.0 Å². The van der Waals surface area contributed by atoms with Crippen molar-refractivity contribution in [3.05, 3.63) is 46.5 Å². The number of carbonyl (C=O) groups excluding carboxylic acids is 1. The maximum atomic E-state index is 12.9. The molecule has 0 radical (unpaired) electrons. The summed E-state index contributed by atoms with van der Waals surface area (Å²) in [6.07, 6.45) is 2.49. The molecule has 0 saturated carbocycles. The third-order valence-electron chi connectivity index (χ3n) is 3.64. The molecule has 0 amide bonds. The zero-order valence-corrected chi connectivity index (χ0v) is 14.5. The van der Waals surface area contributed by atoms with E-state index < -0.39 is 27.1 Å². The lowest BCUT2D eigenvalue weighted by atomic mass is 10.1. The first-order valence-electron chi connectivity index (χ1n) is 7.36. The lowest BCUT2D eigenvalue weighted by molar-refractivity contribution is -0.384. The van der Waals surface area contributed by atoms with Gasteiger partial charge < -0.3 is 9.47 Å². The molecule has 9 nitrogen and oxygen atoms in total. The quantitative estimate of drug-likeness (QED) is 0.321. The van der Waals surface area contributed by atoms with E-state index >= 15 is 0 Å². The summed E-state index contributed by atoms with van der Waals surface area (Å²) in [5.74, 6) is -0.768. The summed E-state index contributed by atoms with van der Waals surface area (Å²) in [6, 6.07) is 4.62. The number of rotatable bonds is 6. The van der Waals surface area contributed by atoms with E-state index in [1.165, 1.54) is 26.2 Å². The van der Waals surface area contributed by atoms with Crippen LogP contribution in [0.4, 0.5) is 5.69 Å². The lowest BCUT2D eigenvalue weighted by Gasteiger charge is -2.33. The highest BCUT2D eigenvalue weighted by Gasteiger charge is 2.35. The standard InChI is InChI=1S/C15H18N2O7S/c1-11(18)24-10-12-3-8-15(23-2)16(9-12)25(21,22)14-6-4-13(5-7-14)17(19)20/h3-8,12,15H,9-10H2,1-2H3/t12-,15?/m1/s1. The Morgan fingerprint density at radius 3 is 2.48 bits per heavy atom. The van der Waals surface area contributed by atoms with Crippen LogP contribution in [0.3, 0.4) is 0 Å². The zero-order chi connectivity index (χ0) is 18.6. The first-order valence-corrected chi connectivity index (χ1v) is 8.80. The van der Waals surface area contributed by atoms with Gasteiger partial charge in [-0.2, -0.15) is 4.31 Å². The van der Waals surface area contributed by atoms with Crippen molar-refractivity contribution in [3.63, 3.8) is 0 Å². The molecule has 0 saturated heterocycles. The molecule has 0 aliphatic carbocycles. The van der Waals surface area contributed by atoms with Gasteiger partial charge in [-0.05, 0) is 18.2 Å². The van der Waals surface area contributed by atoms with Gasteiger partial charge in [0.1, 0.15) is 6.23 Å². The van der Waals surface area contributed by atoms with Gasteiger partial charge in [-0.15, -0.1) is 0 Å². The number of benzene rings is 1. The Morgan fingerprint density at radius 2 is 1.96 bits per heavy atom. The van der Waals surface area contributed by atoms with E-state index in [1.807, 2.05) is 0 Å². The van der Waals surface area contributed by atoms with Crippen LogP contribution in [-0.2, 0) is 24.3 Å². The topological polar surface area (TPSA) is 116 Å². The number of nitro benzene ring substituents is 1. The molecule has 0 fully saturated rings. The molecule has 1 aliphatic rings. The average Bonchev–Trinajstić information content (AvgIpc) is 2.59. The van der Waals surface area contributed by atoms with E-state index in [4.69, 9.17) is 9.47 Å². The molecule has 0 bridgehead atoms. The molecule has 2 rings (SSSR count). The van der Waals surface area contributed by atoms with E-state index in [0.29, 0.717) is 0 Å². The Labute approximate surface area is 145 Å². The molecule has 10 heteroatoms. The van der Waals surface area contributed by atoms with Crippen LogP contribution >= 0.6 is 0 Å². The number of nitrogens with zero attached hydrogens (tertiary/aromatic N) is 2. The van der Waals surface area contributed by atoms with E-state index in [1.54, 1.807) is 12.2 Å². The monoisotopic (exact) mass is 370 g/mol. The minimum Gasteiger partial charge on any atom is -0.465 e. The van der Waals surface area contributed by atoms with Gasteiger partial charge in [-0.3, -0.25) is 14.9 Å². The molecule has 1 aliphatic heterocycles. The summed E-state index contributed by atoms with van der Waals surface area (Å²) in [6.45, 7) is 1.38. The van der Waals surface area contributed by atoms with Crippen molar-refractivity contribution >= 4 is 21.7 Å². The van der Waals surface area contributed by atoms with Gasteiger partial charge in [0.05, 0.1) is 16.4 Å². The number of hydrogen-bond acceptors (Lipinski definition) is 7. The lowest BCUT2D eigenvalue weighted by Crippen LogP contribution is -2.46. The molecule has 25 heavy (non-hydrogen) atoms. The number of esters is 1. The van der Waals surface area contributed by atoms with Gasteiger partial charge >= 0.3 is 5.97 Å². The normalized spacial score (nSPS) is 21.0. The molecule has 0 N–H and O–H groups in total. The molecular formula is C15H18N2O7S. The zero-order valence-electron chi connectivity index (χ0n) is 13.7. The summed E-state index contributed by atoms with van der Waals surface area (Å²) >= 11 is 0. The van der Waals surface area contributed by atoms with Gasteiger partial charge in [0.25, 0.3) is 5.69 Å². The first kappa shape index (κ1) is 19.0. The summed E-state index contributed by atoms with van der Waals surface area (Å²) in [5, 5.41) is 10.7. The smallest absolute Gasteiger partial charge is 0.302 e. The summed E-state index contributed by atoms with van der Waals surface area (Å²) < 4.78 is 37.0. The Morgan fingerprint density at radius 1 is 1.32 bits per heavy atom. The maximum absolute atomic E-state index is 12.9. The molecule has 1 aromatic carbocycles. The van der Waals surface area contributed by atoms with Gasteiger partial charge in [0.15, 0.2) is 0 Å². The van der Waals surface area contributed by atoms with Crippen molar-refractivity contribution in [1.82, 2.24) is 4.31 Å². The molecule has 0 aromatic heterocycles. The van der Waals surface area contributed by atoms with Crippen molar-refractivity contribution in [2.24, 2.45) is 5.92 Å². The van der Waals surface area contributed by atoms with Crippen LogP contribution in [0.5, 0.6) is 0 Å². The fraction of sp³-hybridized carbons (Fsp3) is 0.400. The SMILES string of the molecule is COC1C=C[C@@H](COC(C)=O)CN1S(=O)(=O)c1ccc([N+](=O)[O-])cc1. The van der Waals surface area contributed by atoms with Crippen LogP contribution in [-0.4, -0.2) is 50.1 Å². The van der Waals surface area contributed by atoms with Crippen LogP contribution in [0.2, 0.25) is 0 Å². The third kappa shape index (κ3) is 4.41. The molecule has 1 aromatic rings. The second-order valence-corrected chi connectivity index (χ2v) is 7.29. The predicted molar refractivity (Wildman–Crippen MR) is 87.0 cm³/mol. The Bertz CT molecular complexity index is 774. The van der Waals surface area contributed by atoms with Crippen molar-refractivity contribution in [1.29, 1.82) is 0 Å². The third-order valence-corrected chi connectivity index (χ3v) is 5.48. The number of sulfonamides is 1. The number of carbonyl (C=O) groups is 1. The van der Waals surface area contributed by atoms with E-state index in [0.717, 1.165) is 16.4 Å². The second-order valence-electron chi connectivity index (χ2n) is 5.40. The Hall–Kier alpha value is -2.30. The Kier molecular flexibility index (Phi) is 5.88. The van der Waals surface area contributed by atoms with Crippen LogP contribution < -0.4 is 0 Å². The number of hydrogen-bond donors (Lipinski definition) is 0. The van der Waals surface area contributed by atoms with E-state index in [-0.39, 0.29) is 29.7 Å². The second kappa shape index (κ2) is 7.72. The highest BCUT2D eigenvalue weighted by Crippen LogP contribution is 2.26. The molecule has 2 atom stereocenters. The minimum absolute atomic E-state index is 0.0501. The molecule has 0 spiro atoms. The largest absolute Gasteiger partial charge is 0.465 e. The number of ether oxygens (including phenoxy) is 2. The maximum Gasteiger partial charge on any atom is 0.302 e. The molecule has 136 valence electrons. The highest BCUT2D eigenvalue weighted by molar-refractivity contribution is 7.89. The number of methoxy groups -OCH3 is 1. The van der Waals surface area contributed by atoms with Crippen molar-refractivity contribution in [2.75, 3.05) is 20.3 Å². The van der Waals surface area contributed by atoms with Crippen molar-refractivity contribution in [3.8, 4) is 0 Å². The number of non-ortho nitro benzene ring substituents is 1. The Balaban J connectivity index is 2.27. The fourth-order valence-corrected chi connectivity index (χ4v) is 3.95. The van der Waals surface area contributed by atoms with Crippen molar-refractivity contribution < 1.29 is 27.6 Å². The van der Waals surface area contributed by atoms with Gasteiger partial charge in [-0.1, -0.05) is 6.08 Å². The van der Waals surface area contributed by atoms with E-state index in [2.05, 4.69) is 0 Å². The van der Waals surface area contributed by atoms with Gasteiger partial charge in [-0.25, -0.2) is 8.42 Å². The van der Waals surface area contributed by atoms with Crippen LogP contribution in [0.15, 0.2) is 41.3 Å². The average molecular weight is 370 g/mol. The van der Waals surface area contributed by atoms with Gasteiger partial charge in [0.2, 0.25) is 10.0 Å². The van der Waals surface area contributed by atoms with Crippen molar-refractivity contribution in [2.45, 2.75) is 18.0 Å².